The Morgan fingerprint density at radius 3 is 2.68 bits per heavy atom. The van der Waals surface area contributed by atoms with Gasteiger partial charge in [-0.3, -0.25) is 9.59 Å². The molecule has 0 atom stereocenters. The molecule has 4 aromatic rings. The van der Waals surface area contributed by atoms with Crippen LogP contribution in [0.2, 0.25) is 0 Å². The largest absolute Gasteiger partial charge is 0.322 e. The molecule has 0 saturated carbocycles. The minimum atomic E-state index is -0.270. The van der Waals surface area contributed by atoms with Crippen molar-refractivity contribution < 1.29 is 4.79 Å². The second-order valence-corrected chi connectivity index (χ2v) is 7.47. The van der Waals surface area contributed by atoms with E-state index in [1.54, 1.807) is 42.2 Å². The van der Waals surface area contributed by atoms with Gasteiger partial charge in [0.2, 0.25) is 0 Å². The highest BCUT2D eigenvalue weighted by molar-refractivity contribution is 6.05. The molecular formula is C23H22N6O2. The third-order valence-electron chi connectivity index (χ3n) is 4.73. The first-order valence-corrected chi connectivity index (χ1v) is 9.91. The minimum absolute atomic E-state index is 0.0539. The van der Waals surface area contributed by atoms with Crippen molar-refractivity contribution in [3.8, 4) is 17.2 Å². The van der Waals surface area contributed by atoms with Crippen LogP contribution in [0.15, 0.2) is 65.7 Å². The summed E-state index contributed by atoms with van der Waals surface area (Å²) in [5.41, 5.74) is 2.95. The molecule has 1 amide bonds. The lowest BCUT2D eigenvalue weighted by Crippen LogP contribution is -2.16. The third kappa shape index (κ3) is 4.28. The standard InChI is InChI=1S/C23H22N6O2/c1-14(2)21-18(13-25-29(21)19-9-4-5-10-24-19)23(31)27-17-8-6-7-16(12-17)22-26-15(3)11-20(30)28-22/h4-14H,1-3H3,(H,27,31)(H,26,28,30). The molecule has 0 aliphatic rings. The molecule has 0 spiro atoms. The fourth-order valence-electron chi connectivity index (χ4n) is 3.41. The average Bonchev–Trinajstić information content (AvgIpc) is 3.20. The number of nitrogens with one attached hydrogen (secondary N) is 2. The van der Waals surface area contributed by atoms with Gasteiger partial charge < -0.3 is 10.3 Å². The van der Waals surface area contributed by atoms with Gasteiger partial charge in [0.25, 0.3) is 11.5 Å². The zero-order valence-electron chi connectivity index (χ0n) is 17.5. The van der Waals surface area contributed by atoms with Crippen LogP contribution in [0, 0.1) is 6.92 Å². The lowest BCUT2D eigenvalue weighted by Gasteiger charge is -2.12. The van der Waals surface area contributed by atoms with Crippen LogP contribution in [-0.4, -0.2) is 30.6 Å². The number of nitrogens with zero attached hydrogens (tertiary/aromatic N) is 4. The number of hydrogen-bond acceptors (Lipinski definition) is 5. The van der Waals surface area contributed by atoms with E-state index >= 15 is 0 Å². The number of carbonyl (C=O) groups is 1. The van der Waals surface area contributed by atoms with E-state index in [-0.39, 0.29) is 17.4 Å². The summed E-state index contributed by atoms with van der Waals surface area (Å²) in [5.74, 6) is 0.889. The maximum absolute atomic E-state index is 13.1. The molecule has 0 aliphatic heterocycles. The third-order valence-corrected chi connectivity index (χ3v) is 4.73. The molecule has 0 saturated heterocycles. The molecule has 0 aliphatic carbocycles. The predicted molar refractivity (Wildman–Crippen MR) is 118 cm³/mol. The van der Waals surface area contributed by atoms with Gasteiger partial charge in [-0.2, -0.15) is 5.10 Å². The Morgan fingerprint density at radius 2 is 1.97 bits per heavy atom. The number of pyridine rings is 1. The second kappa shape index (κ2) is 8.35. The van der Waals surface area contributed by atoms with Crippen LogP contribution in [-0.2, 0) is 0 Å². The van der Waals surface area contributed by atoms with Gasteiger partial charge in [-0.15, -0.1) is 0 Å². The van der Waals surface area contributed by atoms with Gasteiger partial charge >= 0.3 is 0 Å². The fraction of sp³-hybridized carbons (Fsp3) is 0.174. The van der Waals surface area contributed by atoms with Gasteiger partial charge in [0.05, 0.1) is 17.5 Å². The topological polar surface area (TPSA) is 106 Å². The number of carbonyl (C=O) groups excluding carboxylic acids is 1. The summed E-state index contributed by atoms with van der Waals surface area (Å²) in [6, 6.07) is 14.2. The second-order valence-electron chi connectivity index (χ2n) is 7.47. The first kappa shape index (κ1) is 20.2. The molecule has 4 rings (SSSR count). The van der Waals surface area contributed by atoms with Gasteiger partial charge in [0, 0.05) is 29.2 Å². The van der Waals surface area contributed by atoms with Crippen molar-refractivity contribution in [2.75, 3.05) is 5.32 Å². The molecule has 0 unspecified atom stereocenters. The number of hydrogen-bond donors (Lipinski definition) is 2. The van der Waals surface area contributed by atoms with Gasteiger partial charge in [-0.1, -0.05) is 32.0 Å². The molecule has 3 aromatic heterocycles. The summed E-state index contributed by atoms with van der Waals surface area (Å²) in [5, 5.41) is 7.32. The van der Waals surface area contributed by atoms with Gasteiger partial charge in [-0.25, -0.2) is 14.6 Å². The number of H-pyrrole nitrogens is 1. The van der Waals surface area contributed by atoms with Gasteiger partial charge in [-0.05, 0) is 37.1 Å². The van der Waals surface area contributed by atoms with Crippen LogP contribution in [0.3, 0.4) is 0 Å². The molecule has 0 radical (unpaired) electrons. The summed E-state index contributed by atoms with van der Waals surface area (Å²) in [6.07, 6.45) is 3.25. The van der Waals surface area contributed by atoms with Crippen molar-refractivity contribution in [1.82, 2.24) is 24.7 Å². The van der Waals surface area contributed by atoms with E-state index in [1.165, 1.54) is 6.07 Å². The molecule has 1 aromatic carbocycles. The monoisotopic (exact) mass is 414 g/mol. The molecule has 8 nitrogen and oxygen atoms in total. The van der Waals surface area contributed by atoms with Crippen molar-refractivity contribution >= 4 is 11.6 Å². The van der Waals surface area contributed by atoms with Crippen LogP contribution < -0.4 is 10.9 Å². The molecule has 0 bridgehead atoms. The summed E-state index contributed by atoms with van der Waals surface area (Å²) in [7, 11) is 0. The molecule has 0 fully saturated rings. The van der Waals surface area contributed by atoms with E-state index in [0.29, 0.717) is 34.2 Å². The Bertz CT molecular complexity index is 1290. The number of aryl methyl sites for hydroxylation is 1. The highest BCUT2D eigenvalue weighted by Gasteiger charge is 2.21. The lowest BCUT2D eigenvalue weighted by molar-refractivity contribution is 0.102. The SMILES string of the molecule is Cc1cc(=O)[nH]c(-c2cccc(NC(=O)c3cnn(-c4ccccn4)c3C(C)C)c2)n1. The van der Waals surface area contributed by atoms with E-state index in [4.69, 9.17) is 0 Å². The summed E-state index contributed by atoms with van der Waals surface area (Å²) in [6.45, 7) is 5.78. The maximum atomic E-state index is 13.1. The number of rotatable bonds is 5. The normalized spacial score (nSPS) is 11.0. The minimum Gasteiger partial charge on any atom is -0.322 e. The van der Waals surface area contributed by atoms with Gasteiger partial charge in [0.1, 0.15) is 5.82 Å². The van der Waals surface area contributed by atoms with Gasteiger partial charge in [0.15, 0.2) is 5.82 Å². The highest BCUT2D eigenvalue weighted by atomic mass is 16.1. The summed E-state index contributed by atoms with van der Waals surface area (Å²) >= 11 is 0. The zero-order chi connectivity index (χ0) is 22.0. The van der Waals surface area contributed by atoms with Crippen molar-refractivity contribution in [3.63, 3.8) is 0 Å². The molecule has 2 N–H and O–H groups in total. The van der Waals surface area contributed by atoms with Crippen molar-refractivity contribution in [1.29, 1.82) is 0 Å². The zero-order valence-corrected chi connectivity index (χ0v) is 17.5. The Morgan fingerprint density at radius 1 is 1.13 bits per heavy atom. The Labute approximate surface area is 179 Å². The van der Waals surface area contributed by atoms with Crippen LogP contribution in [0.1, 0.15) is 41.5 Å². The van der Waals surface area contributed by atoms with Crippen LogP contribution >= 0.6 is 0 Å². The van der Waals surface area contributed by atoms with Crippen LogP contribution in [0.25, 0.3) is 17.2 Å². The van der Waals surface area contributed by atoms with E-state index in [2.05, 4.69) is 25.4 Å². The fourth-order valence-corrected chi connectivity index (χ4v) is 3.41. The maximum Gasteiger partial charge on any atom is 0.259 e. The Balaban J connectivity index is 1.65. The highest BCUT2D eigenvalue weighted by Crippen LogP contribution is 2.24. The number of aromatic nitrogens is 5. The Kier molecular flexibility index (Phi) is 5.44. The first-order valence-electron chi connectivity index (χ1n) is 9.91. The van der Waals surface area contributed by atoms with E-state index in [9.17, 15) is 9.59 Å². The van der Waals surface area contributed by atoms with Crippen molar-refractivity contribution in [2.45, 2.75) is 26.7 Å². The number of anilines is 1. The molecule has 3 heterocycles. The average molecular weight is 414 g/mol. The van der Waals surface area contributed by atoms with Crippen LogP contribution in [0.5, 0.6) is 0 Å². The van der Waals surface area contributed by atoms with E-state index < -0.39 is 0 Å². The summed E-state index contributed by atoms with van der Waals surface area (Å²) < 4.78 is 1.69. The molecule has 31 heavy (non-hydrogen) atoms. The number of aromatic amines is 1. The summed E-state index contributed by atoms with van der Waals surface area (Å²) in [4.78, 5) is 36.3. The predicted octanol–water partition coefficient (Wildman–Crippen LogP) is 3.70. The number of amides is 1. The van der Waals surface area contributed by atoms with E-state index in [0.717, 1.165) is 5.69 Å². The smallest absolute Gasteiger partial charge is 0.259 e. The quantitative estimate of drug-likeness (QED) is 0.518. The lowest BCUT2D eigenvalue weighted by atomic mass is 10.1. The van der Waals surface area contributed by atoms with Crippen LogP contribution in [0.4, 0.5) is 5.69 Å². The first-order chi connectivity index (χ1) is 14.9. The molecule has 156 valence electrons. The van der Waals surface area contributed by atoms with Crippen molar-refractivity contribution in [3.05, 3.63) is 88.2 Å². The molecular weight excluding hydrogens is 392 g/mol. The molecule has 8 heteroatoms. The van der Waals surface area contributed by atoms with Crippen molar-refractivity contribution in [2.24, 2.45) is 0 Å². The Hall–Kier alpha value is -4.07. The van der Waals surface area contributed by atoms with E-state index in [1.807, 2.05) is 38.1 Å². The number of benzene rings is 1.